The molecule has 113 heavy (non-hydrogen) atoms. The number of carbonyl (C=O) groups excluding carboxylic acids is 3. The molecule has 8 heteroatoms. The predicted octanol–water partition coefficient (Wildman–Crippen LogP) is 22.7. The van der Waals surface area contributed by atoms with Crippen molar-refractivity contribution in [2.75, 3.05) is 0 Å². The van der Waals surface area contributed by atoms with Gasteiger partial charge in [-0.3, -0.25) is 4.79 Å². The molecule has 0 aliphatic heterocycles. The average Bonchev–Trinajstić information content (AvgIpc) is 0.774. The summed E-state index contributed by atoms with van der Waals surface area (Å²) in [4.78, 5) is 36.5. The van der Waals surface area contributed by atoms with Crippen LogP contribution in [0.25, 0.3) is 11.1 Å². The van der Waals surface area contributed by atoms with Crippen LogP contribution in [0.4, 0.5) is 4.39 Å². The highest BCUT2D eigenvalue weighted by Gasteiger charge is 2.41. The fourth-order valence-corrected chi connectivity index (χ4v) is 15.2. The lowest BCUT2D eigenvalue weighted by atomic mass is 9.67. The number of aldehydes is 2. The predicted molar refractivity (Wildman–Crippen MR) is 457 cm³/mol. The minimum Gasteiger partial charge on any atom is -0.376 e. The molecule has 0 saturated carbocycles. The fourth-order valence-electron chi connectivity index (χ4n) is 14.9. The van der Waals surface area contributed by atoms with Gasteiger partial charge in [0.1, 0.15) is 40.4 Å². The Kier molecular flexibility index (Phi) is 26.7. The molecule has 0 saturated heterocycles. The third-order valence-corrected chi connectivity index (χ3v) is 20.8. The lowest BCUT2D eigenvalue weighted by molar-refractivity contribution is -0.118. The van der Waals surface area contributed by atoms with E-state index in [4.69, 9.17) is 17.3 Å². The first-order chi connectivity index (χ1) is 55.4. The van der Waals surface area contributed by atoms with Crippen LogP contribution in [0.3, 0.4) is 0 Å². The maximum Gasteiger partial charge on any atom is 0.218 e. The molecule has 16 aromatic rings. The highest BCUT2D eigenvalue weighted by molar-refractivity contribution is 6.31. The van der Waals surface area contributed by atoms with Crippen LogP contribution >= 0.6 is 11.6 Å². The van der Waals surface area contributed by atoms with Crippen molar-refractivity contribution in [3.05, 3.63) is 561 Å². The van der Waals surface area contributed by atoms with Gasteiger partial charge in [0.05, 0.1) is 5.41 Å². The number of hydrogen-bond acceptors (Lipinski definition) is 5. The van der Waals surface area contributed by atoms with Crippen molar-refractivity contribution in [1.29, 1.82) is 0 Å². The van der Waals surface area contributed by atoms with E-state index in [0.29, 0.717) is 16.1 Å². The normalized spacial score (nSPS) is 11.2. The van der Waals surface area contributed by atoms with E-state index in [9.17, 15) is 29.0 Å². The van der Waals surface area contributed by atoms with Crippen LogP contribution in [0.2, 0.25) is 5.02 Å². The highest BCUT2D eigenvalue weighted by atomic mass is 35.5. The first-order valence-electron chi connectivity index (χ1n) is 37.4. The Balaban J connectivity index is 0.000000131. The lowest BCUT2D eigenvalue weighted by Crippen LogP contribution is -2.34. The molecule has 554 valence electrons. The molecule has 0 atom stereocenters. The van der Waals surface area contributed by atoms with Crippen LogP contribution in [0.15, 0.2) is 467 Å². The Morgan fingerprint density at radius 3 is 0.770 bits per heavy atom. The molecule has 0 aromatic heterocycles. The third kappa shape index (κ3) is 17.7. The first kappa shape index (κ1) is 79.0. The topological polar surface area (TPSA) is 118 Å². The molecule has 0 aliphatic rings. The second kappa shape index (κ2) is 38.2. The number of rotatable bonds is 20. The molecule has 4 N–H and O–H groups in total. The number of nitrogens with two attached hydrogens (primary N) is 1. The van der Waals surface area contributed by atoms with Gasteiger partial charge in [0, 0.05) is 17.0 Å². The van der Waals surface area contributed by atoms with Crippen molar-refractivity contribution in [3.63, 3.8) is 0 Å². The third-order valence-electron chi connectivity index (χ3n) is 20.5. The van der Waals surface area contributed by atoms with E-state index in [0.717, 1.165) is 84.9 Å². The van der Waals surface area contributed by atoms with Crippen molar-refractivity contribution in [3.8, 4) is 11.1 Å². The van der Waals surface area contributed by atoms with Gasteiger partial charge in [-0.1, -0.05) is 467 Å². The quantitative estimate of drug-likeness (QED) is 0.0519. The standard InChI is InChI=1S/C25H20O.C21H19NO.C20H15ClO.C20H16O.C19H15FO/c26-25(22-12-6-2-7-13-22,23-14-8-3-9-15-23)24-18-16-21(17-19-24)20-10-4-1-5-11-20;22-20(23)16-21(17-10-4-1-5-11-17,18-12-6-2-7-13-18)19-14-8-3-9-15-19;21-19-14-8-7-13-18(19)20(15-22,16-9-3-1-4-10-16)17-11-5-2-6-12-17;21-16-20(17-10-4-1-5-11-17,18-12-6-2-7-13-18)19-14-8-3-9-15-19;20-18-14-8-7-13-17(18)19(21,15-9-3-1-4-10-15)16-11-5-2-6-12-16/h1-19,26H;1-15H,16H2,(H2,22,23);1-15H;1-16H;1-14,21H. The number of hydrogen-bond donors (Lipinski definition) is 3. The van der Waals surface area contributed by atoms with Crippen molar-refractivity contribution in [1.82, 2.24) is 0 Å². The monoisotopic (exact) mass is 1490 g/mol. The Hall–Kier alpha value is -13.5. The summed E-state index contributed by atoms with van der Waals surface area (Å²) < 4.78 is 14.3. The Morgan fingerprint density at radius 1 is 0.265 bits per heavy atom. The number of halogens is 2. The van der Waals surface area contributed by atoms with Gasteiger partial charge in [-0.2, -0.15) is 0 Å². The molecular weight excluding hydrogens is 1410 g/mol. The van der Waals surface area contributed by atoms with Crippen molar-refractivity contribution in [2.24, 2.45) is 5.73 Å². The Bertz CT molecular complexity index is 5240. The molecule has 0 aliphatic carbocycles. The van der Waals surface area contributed by atoms with Gasteiger partial charge in [-0.25, -0.2) is 4.39 Å². The number of benzene rings is 16. The van der Waals surface area contributed by atoms with Crippen LogP contribution < -0.4 is 5.73 Å². The number of aliphatic hydroxyl groups is 2. The van der Waals surface area contributed by atoms with Gasteiger partial charge < -0.3 is 25.5 Å². The average molecular weight is 1500 g/mol. The summed E-state index contributed by atoms with van der Waals surface area (Å²) in [7, 11) is 0. The van der Waals surface area contributed by atoms with Crippen molar-refractivity contribution < 1.29 is 29.0 Å². The molecule has 0 unspecified atom stereocenters. The zero-order valence-electron chi connectivity index (χ0n) is 62.3. The van der Waals surface area contributed by atoms with Gasteiger partial charge in [0.25, 0.3) is 0 Å². The van der Waals surface area contributed by atoms with Gasteiger partial charge >= 0.3 is 0 Å². The summed E-state index contributed by atoms with van der Waals surface area (Å²) in [5, 5.41) is 23.7. The van der Waals surface area contributed by atoms with Crippen LogP contribution in [0.1, 0.15) is 89.9 Å². The molecule has 0 radical (unpaired) electrons. The number of amides is 1. The molecule has 16 rings (SSSR count). The van der Waals surface area contributed by atoms with Gasteiger partial charge in [0.15, 0.2) is 0 Å². The lowest BCUT2D eigenvalue weighted by Gasteiger charge is -2.35. The van der Waals surface area contributed by atoms with E-state index < -0.39 is 33.3 Å². The van der Waals surface area contributed by atoms with E-state index in [2.05, 4.69) is 60.7 Å². The molecular formula is C105H85ClFNO5. The summed E-state index contributed by atoms with van der Waals surface area (Å²) in [6.07, 6.45) is 2.26. The van der Waals surface area contributed by atoms with E-state index in [1.165, 1.54) is 11.6 Å². The molecule has 0 spiro atoms. The number of primary amides is 1. The minimum atomic E-state index is -1.51. The molecule has 6 nitrogen and oxygen atoms in total. The van der Waals surface area contributed by atoms with E-state index >= 15 is 0 Å². The summed E-state index contributed by atoms with van der Waals surface area (Å²) in [5.41, 5.74) is 15.9. The summed E-state index contributed by atoms with van der Waals surface area (Å²) in [6, 6.07) is 150. The van der Waals surface area contributed by atoms with E-state index in [-0.39, 0.29) is 17.9 Å². The van der Waals surface area contributed by atoms with Crippen molar-refractivity contribution in [2.45, 2.75) is 33.9 Å². The highest BCUT2D eigenvalue weighted by Crippen LogP contribution is 2.45. The molecule has 0 heterocycles. The molecule has 0 bridgehead atoms. The fraction of sp³-hybridized carbons (Fsp3) is 0.0571. The van der Waals surface area contributed by atoms with Crippen LogP contribution in [0, 0.1) is 5.82 Å². The maximum absolute atomic E-state index is 14.3. The summed E-state index contributed by atoms with van der Waals surface area (Å²) >= 11 is 6.43. The van der Waals surface area contributed by atoms with Crippen LogP contribution in [0.5, 0.6) is 0 Å². The molecule has 0 fully saturated rings. The second-order valence-corrected chi connectivity index (χ2v) is 27.5. The van der Waals surface area contributed by atoms with Gasteiger partial charge in [-0.15, -0.1) is 0 Å². The molecule has 1 amide bonds. The van der Waals surface area contributed by atoms with Crippen LogP contribution in [-0.2, 0) is 41.8 Å². The van der Waals surface area contributed by atoms with E-state index in [1.54, 1.807) is 42.5 Å². The largest absolute Gasteiger partial charge is 0.376 e. The second-order valence-electron chi connectivity index (χ2n) is 27.1. The summed E-state index contributed by atoms with van der Waals surface area (Å²) in [6.45, 7) is 0. The molecule has 16 aromatic carbocycles. The SMILES string of the molecule is NC(=O)CC(c1ccccc1)(c1ccccc1)c1ccccc1.O=CC(c1ccccc1)(c1ccccc1)c1ccccc1.O=CC(c1ccccc1)(c1ccccc1)c1ccccc1Cl.OC(c1ccccc1)(c1ccccc1)c1ccc(-c2ccccc2)cc1.OC(c1ccccc1)(c1ccccc1)c1ccccc1F. The number of carbonyl (C=O) groups is 3. The van der Waals surface area contributed by atoms with Gasteiger partial charge in [0.2, 0.25) is 5.91 Å². The van der Waals surface area contributed by atoms with E-state index in [1.807, 2.05) is 358 Å². The summed E-state index contributed by atoms with van der Waals surface area (Å²) in [5.74, 6) is -0.741. The maximum atomic E-state index is 14.3. The van der Waals surface area contributed by atoms with Gasteiger partial charge in [-0.05, 0) is 101 Å². The zero-order chi connectivity index (χ0) is 78.6. The Morgan fingerprint density at radius 2 is 0.487 bits per heavy atom. The van der Waals surface area contributed by atoms with Crippen LogP contribution in [-0.4, -0.2) is 28.7 Å². The smallest absolute Gasteiger partial charge is 0.218 e. The Labute approximate surface area is 666 Å². The zero-order valence-corrected chi connectivity index (χ0v) is 63.0. The van der Waals surface area contributed by atoms with Crippen molar-refractivity contribution >= 4 is 30.1 Å². The first-order valence-corrected chi connectivity index (χ1v) is 37.8. The minimum absolute atomic E-state index is 0.227.